The first kappa shape index (κ1) is 28.6. The summed E-state index contributed by atoms with van der Waals surface area (Å²) in [5.74, 6) is 1.01. The second kappa shape index (κ2) is 13.0. The number of aryl methyl sites for hydroxylation is 1. The highest BCUT2D eigenvalue weighted by atomic mass is 16.5. The molecule has 0 aromatic heterocycles. The highest BCUT2D eigenvalue weighted by Crippen LogP contribution is 2.27. The molecule has 7 heteroatoms. The van der Waals surface area contributed by atoms with Crippen LogP contribution in [0.4, 0.5) is 0 Å². The summed E-state index contributed by atoms with van der Waals surface area (Å²) in [6.45, 7) is 7.80. The molecule has 3 aromatic rings. The van der Waals surface area contributed by atoms with E-state index in [0.717, 1.165) is 16.7 Å². The summed E-state index contributed by atoms with van der Waals surface area (Å²) >= 11 is 0. The van der Waals surface area contributed by atoms with Crippen LogP contribution in [-0.2, 0) is 22.6 Å². The Morgan fingerprint density at radius 2 is 1.42 bits per heavy atom. The highest BCUT2D eigenvalue weighted by molar-refractivity contribution is 5.89. The number of carbonyl (C=O) groups excluding carboxylic acids is 2. The molecule has 0 heterocycles. The van der Waals surface area contributed by atoms with Crippen molar-refractivity contribution in [2.45, 2.75) is 52.2 Å². The van der Waals surface area contributed by atoms with E-state index in [0.29, 0.717) is 23.7 Å². The van der Waals surface area contributed by atoms with Crippen molar-refractivity contribution in [1.29, 1.82) is 0 Å². The Balaban J connectivity index is 1.93. The average molecular weight is 519 g/mol. The molecule has 0 radical (unpaired) electrons. The molecule has 0 aliphatic carbocycles. The average Bonchev–Trinajstić information content (AvgIpc) is 2.89. The summed E-state index contributed by atoms with van der Waals surface area (Å²) in [6.07, 6.45) is 0.368. The fraction of sp³-hybridized carbons (Fsp3) is 0.355. The number of ether oxygens (including phenoxy) is 3. The Kier molecular flexibility index (Phi) is 9.77. The van der Waals surface area contributed by atoms with E-state index in [4.69, 9.17) is 14.2 Å². The molecule has 0 saturated heterocycles. The Hall–Kier alpha value is -4.00. The molecular weight excluding hydrogens is 480 g/mol. The molecule has 2 amide bonds. The van der Waals surface area contributed by atoms with Gasteiger partial charge < -0.3 is 24.4 Å². The zero-order chi connectivity index (χ0) is 27.7. The van der Waals surface area contributed by atoms with Gasteiger partial charge in [-0.15, -0.1) is 0 Å². The molecule has 38 heavy (non-hydrogen) atoms. The van der Waals surface area contributed by atoms with Gasteiger partial charge in [0.05, 0.1) is 14.2 Å². The van der Waals surface area contributed by atoms with E-state index in [2.05, 4.69) is 5.32 Å². The molecule has 0 unspecified atom stereocenters. The van der Waals surface area contributed by atoms with Crippen LogP contribution in [0.3, 0.4) is 0 Å². The third-order valence-corrected chi connectivity index (χ3v) is 5.93. The van der Waals surface area contributed by atoms with Crippen LogP contribution in [0.2, 0.25) is 0 Å². The van der Waals surface area contributed by atoms with Gasteiger partial charge in [0.15, 0.2) is 6.61 Å². The van der Waals surface area contributed by atoms with E-state index in [1.165, 1.54) is 0 Å². The van der Waals surface area contributed by atoms with Crippen molar-refractivity contribution in [3.63, 3.8) is 0 Å². The topological polar surface area (TPSA) is 77.1 Å². The van der Waals surface area contributed by atoms with Crippen molar-refractivity contribution >= 4 is 11.8 Å². The molecule has 0 fully saturated rings. The lowest BCUT2D eigenvalue weighted by molar-refractivity contribution is -0.143. The van der Waals surface area contributed by atoms with E-state index in [1.807, 2.05) is 82.3 Å². The second-order valence-electron chi connectivity index (χ2n) is 10.3. The largest absolute Gasteiger partial charge is 0.496 e. The van der Waals surface area contributed by atoms with E-state index >= 15 is 0 Å². The van der Waals surface area contributed by atoms with E-state index < -0.39 is 11.6 Å². The van der Waals surface area contributed by atoms with Crippen LogP contribution in [-0.4, -0.2) is 49.1 Å². The van der Waals surface area contributed by atoms with Gasteiger partial charge in [-0.1, -0.05) is 60.2 Å². The van der Waals surface area contributed by atoms with Gasteiger partial charge in [-0.3, -0.25) is 9.59 Å². The lowest BCUT2D eigenvalue weighted by atomic mass is 10.0. The minimum absolute atomic E-state index is 0.218. The highest BCUT2D eigenvalue weighted by Gasteiger charge is 2.32. The van der Waals surface area contributed by atoms with Crippen LogP contribution >= 0.6 is 0 Å². The van der Waals surface area contributed by atoms with Crippen molar-refractivity contribution in [3.8, 4) is 17.2 Å². The van der Waals surface area contributed by atoms with Gasteiger partial charge in [-0.05, 0) is 38.8 Å². The molecule has 202 valence electrons. The van der Waals surface area contributed by atoms with E-state index in [9.17, 15) is 9.59 Å². The molecule has 3 rings (SSSR count). The van der Waals surface area contributed by atoms with Gasteiger partial charge in [0, 0.05) is 36.7 Å². The molecule has 0 spiro atoms. The monoisotopic (exact) mass is 518 g/mol. The number of nitrogens with zero attached hydrogens (tertiary/aromatic N) is 1. The number of rotatable bonds is 11. The summed E-state index contributed by atoms with van der Waals surface area (Å²) in [5.41, 5.74) is 2.54. The number of benzene rings is 3. The standard InChI is InChI=1S/C31H38N2O5/c1-22-12-14-24(15-13-22)20-33(29(34)21-38-27-18-25(36-5)17-26(19-27)37-6)28(30(35)32-31(2,3)4)16-23-10-8-7-9-11-23/h7-15,17-19,28H,16,20-21H2,1-6H3,(H,32,35)/t28-/m0/s1. The van der Waals surface area contributed by atoms with Crippen LogP contribution in [0.1, 0.15) is 37.5 Å². The van der Waals surface area contributed by atoms with Gasteiger partial charge in [0.1, 0.15) is 23.3 Å². The first-order valence-corrected chi connectivity index (χ1v) is 12.6. The number of amides is 2. The van der Waals surface area contributed by atoms with Gasteiger partial charge >= 0.3 is 0 Å². The summed E-state index contributed by atoms with van der Waals surface area (Å²) < 4.78 is 16.5. The van der Waals surface area contributed by atoms with Crippen molar-refractivity contribution in [3.05, 3.63) is 89.5 Å². The number of hydrogen-bond donors (Lipinski definition) is 1. The maximum absolute atomic E-state index is 13.8. The molecule has 0 saturated carbocycles. The Labute approximate surface area is 225 Å². The maximum Gasteiger partial charge on any atom is 0.261 e. The van der Waals surface area contributed by atoms with Crippen molar-refractivity contribution in [2.75, 3.05) is 20.8 Å². The van der Waals surface area contributed by atoms with Gasteiger partial charge in [-0.2, -0.15) is 0 Å². The lowest BCUT2D eigenvalue weighted by Gasteiger charge is -2.33. The van der Waals surface area contributed by atoms with Crippen LogP contribution in [0.5, 0.6) is 17.2 Å². The third kappa shape index (κ3) is 8.54. The number of nitrogens with one attached hydrogen (secondary N) is 1. The van der Waals surface area contributed by atoms with Gasteiger partial charge in [0.25, 0.3) is 5.91 Å². The summed E-state index contributed by atoms with van der Waals surface area (Å²) in [6, 6.07) is 22.0. The molecule has 1 atom stereocenters. The predicted molar refractivity (Wildman–Crippen MR) is 149 cm³/mol. The molecule has 0 aliphatic heterocycles. The van der Waals surface area contributed by atoms with Gasteiger partial charge in [0.2, 0.25) is 5.91 Å². The quantitative estimate of drug-likeness (QED) is 0.389. The molecule has 1 N–H and O–H groups in total. The zero-order valence-corrected chi connectivity index (χ0v) is 23.1. The number of hydrogen-bond acceptors (Lipinski definition) is 5. The minimum atomic E-state index is -0.742. The minimum Gasteiger partial charge on any atom is -0.496 e. The molecule has 0 aliphatic rings. The fourth-order valence-electron chi connectivity index (χ4n) is 3.99. The summed E-state index contributed by atoms with van der Waals surface area (Å²) in [5, 5.41) is 3.07. The smallest absolute Gasteiger partial charge is 0.261 e. The van der Waals surface area contributed by atoms with Crippen LogP contribution in [0, 0.1) is 6.92 Å². The number of methoxy groups -OCH3 is 2. The Bertz CT molecular complexity index is 1180. The van der Waals surface area contributed by atoms with E-state index in [-0.39, 0.29) is 25.0 Å². The maximum atomic E-state index is 13.8. The lowest BCUT2D eigenvalue weighted by Crippen LogP contribution is -2.55. The number of carbonyl (C=O) groups is 2. The normalized spacial score (nSPS) is 11.8. The van der Waals surface area contributed by atoms with Crippen LogP contribution in [0.15, 0.2) is 72.8 Å². The molecule has 7 nitrogen and oxygen atoms in total. The zero-order valence-electron chi connectivity index (χ0n) is 23.1. The third-order valence-electron chi connectivity index (χ3n) is 5.93. The van der Waals surface area contributed by atoms with Crippen molar-refractivity contribution in [2.24, 2.45) is 0 Å². The fourth-order valence-corrected chi connectivity index (χ4v) is 3.99. The molecular formula is C31H38N2O5. The first-order valence-electron chi connectivity index (χ1n) is 12.6. The Morgan fingerprint density at radius 3 is 1.97 bits per heavy atom. The van der Waals surface area contributed by atoms with Crippen molar-refractivity contribution < 1.29 is 23.8 Å². The predicted octanol–water partition coefficient (Wildman–Crippen LogP) is 4.95. The van der Waals surface area contributed by atoms with E-state index in [1.54, 1.807) is 37.3 Å². The first-order chi connectivity index (χ1) is 18.1. The molecule has 0 bridgehead atoms. The van der Waals surface area contributed by atoms with Gasteiger partial charge in [-0.25, -0.2) is 0 Å². The van der Waals surface area contributed by atoms with Crippen LogP contribution < -0.4 is 19.5 Å². The SMILES string of the molecule is COc1cc(OC)cc(OCC(=O)N(Cc2ccc(C)cc2)[C@@H](Cc2ccccc2)C(=O)NC(C)(C)C)c1. The summed E-state index contributed by atoms with van der Waals surface area (Å²) in [4.78, 5) is 29.0. The molecule has 3 aromatic carbocycles. The second-order valence-corrected chi connectivity index (χ2v) is 10.3. The Morgan fingerprint density at radius 1 is 0.842 bits per heavy atom. The van der Waals surface area contributed by atoms with Crippen molar-refractivity contribution in [1.82, 2.24) is 10.2 Å². The van der Waals surface area contributed by atoms with Crippen LogP contribution in [0.25, 0.3) is 0 Å². The summed E-state index contributed by atoms with van der Waals surface area (Å²) in [7, 11) is 3.10.